The van der Waals surface area contributed by atoms with E-state index in [2.05, 4.69) is 58.8 Å². The number of amides is 3. The van der Waals surface area contributed by atoms with E-state index in [9.17, 15) is 22.8 Å². The van der Waals surface area contributed by atoms with E-state index >= 15 is 0 Å². The van der Waals surface area contributed by atoms with Crippen LogP contribution in [0.4, 0.5) is 16.2 Å². The van der Waals surface area contributed by atoms with Crippen LogP contribution in [0.2, 0.25) is 0 Å². The lowest BCUT2D eigenvalue weighted by Gasteiger charge is -2.39. The normalized spacial score (nSPS) is 18.1. The van der Waals surface area contributed by atoms with Crippen molar-refractivity contribution in [1.82, 2.24) is 9.21 Å². The minimum atomic E-state index is -4.25. The van der Waals surface area contributed by atoms with Gasteiger partial charge in [0.1, 0.15) is 4.90 Å². The summed E-state index contributed by atoms with van der Waals surface area (Å²) in [6.07, 6.45) is 1.10. The zero-order chi connectivity index (χ0) is 36.6. The van der Waals surface area contributed by atoms with Gasteiger partial charge in [0, 0.05) is 29.9 Å². The maximum absolute atomic E-state index is 14.6. The molecule has 4 rings (SSSR count). The van der Waals surface area contributed by atoms with E-state index in [0.29, 0.717) is 10.6 Å². The first-order chi connectivity index (χ1) is 22.6. The van der Waals surface area contributed by atoms with Crippen molar-refractivity contribution in [2.75, 3.05) is 25.6 Å². The van der Waals surface area contributed by atoms with Crippen LogP contribution in [-0.4, -0.2) is 78.0 Å². The molecule has 1 fully saturated rings. The highest BCUT2D eigenvalue weighted by Crippen LogP contribution is 2.47. The molecule has 268 valence electrons. The van der Waals surface area contributed by atoms with Crippen LogP contribution in [0.1, 0.15) is 81.6 Å². The number of amidine groups is 1. The maximum atomic E-state index is 14.6. The summed E-state index contributed by atoms with van der Waals surface area (Å²) in [5.41, 5.74) is -0.849. The molecule has 0 spiro atoms. The van der Waals surface area contributed by atoms with Gasteiger partial charge in [-0.3, -0.25) is 13.9 Å². The number of hydrogen-bond donors (Lipinski definition) is 1. The molecule has 2 heterocycles. The Morgan fingerprint density at radius 3 is 2.24 bits per heavy atom. The van der Waals surface area contributed by atoms with Crippen molar-refractivity contribution in [3.63, 3.8) is 0 Å². The van der Waals surface area contributed by atoms with Crippen LogP contribution in [0.3, 0.4) is 0 Å². The van der Waals surface area contributed by atoms with Gasteiger partial charge in [0.05, 0.1) is 11.4 Å². The molecule has 1 atom stereocenters. The van der Waals surface area contributed by atoms with Gasteiger partial charge < -0.3 is 14.8 Å². The molecular weight excluding hydrogens is 665 g/mol. The van der Waals surface area contributed by atoms with Crippen LogP contribution in [0.25, 0.3) is 0 Å². The van der Waals surface area contributed by atoms with Crippen molar-refractivity contribution in [2.45, 2.75) is 108 Å². The molecule has 0 aliphatic carbocycles. The second-order valence-electron chi connectivity index (χ2n) is 15.7. The number of cyclic esters (lactones) is 1. The lowest BCUT2D eigenvalue weighted by Crippen LogP contribution is -2.59. The summed E-state index contributed by atoms with van der Waals surface area (Å²) >= 11 is 1.62. The summed E-state index contributed by atoms with van der Waals surface area (Å²) in [6.45, 7) is 18.5. The Bertz CT molecular complexity index is 1730. The number of thioether (sulfide) groups is 1. The van der Waals surface area contributed by atoms with Crippen LogP contribution in [0, 0.1) is 10.8 Å². The summed E-state index contributed by atoms with van der Waals surface area (Å²) < 4.78 is 39.4. The quantitative estimate of drug-likeness (QED) is 0.170. The Hall–Kier alpha value is -3.42. The fourth-order valence-electron chi connectivity index (χ4n) is 7.07. The van der Waals surface area contributed by atoms with Crippen molar-refractivity contribution < 1.29 is 32.3 Å². The molecule has 2 aromatic rings. The summed E-state index contributed by atoms with van der Waals surface area (Å²) in [7, 11) is -2.75. The number of ether oxygens (including phenoxy) is 2. The summed E-state index contributed by atoms with van der Waals surface area (Å²) in [4.78, 5) is 47.6. The number of hydrogen-bond acceptors (Lipinski definition) is 9. The number of fused-ring (bicyclic) bond motifs is 1. The number of carbonyl (C=O) groups is 3. The molecule has 2 aliphatic heterocycles. The highest BCUT2D eigenvalue weighted by atomic mass is 32.2. The zero-order valence-electron chi connectivity index (χ0n) is 30.2. The van der Waals surface area contributed by atoms with Gasteiger partial charge in [-0.1, -0.05) is 72.7 Å². The van der Waals surface area contributed by atoms with Gasteiger partial charge in [-0.05, 0) is 68.2 Å². The molecule has 1 unspecified atom stereocenters. The minimum Gasteiger partial charge on any atom is -0.433 e. The Morgan fingerprint density at radius 1 is 1.00 bits per heavy atom. The average Bonchev–Trinajstić information content (AvgIpc) is 3.15. The van der Waals surface area contributed by atoms with Gasteiger partial charge in [-0.2, -0.15) is 0 Å². The number of methoxy groups -OCH3 is 1. The lowest BCUT2D eigenvalue weighted by atomic mass is 9.72. The van der Waals surface area contributed by atoms with E-state index in [-0.39, 0.29) is 51.6 Å². The molecule has 13 heteroatoms. The van der Waals surface area contributed by atoms with Gasteiger partial charge in [0.25, 0.3) is 21.8 Å². The number of para-hydroxylation sites is 2. The first-order valence-electron chi connectivity index (χ1n) is 16.4. The van der Waals surface area contributed by atoms with Crippen LogP contribution in [-0.2, 0) is 29.1 Å². The lowest BCUT2D eigenvalue weighted by molar-refractivity contribution is -0.137. The molecule has 11 nitrogen and oxygen atoms in total. The molecule has 2 aliphatic rings. The number of imide groups is 1. The first kappa shape index (κ1) is 38.4. The maximum Gasteiger partial charge on any atom is 0.418 e. The molecule has 1 N–H and O–H groups in total. The van der Waals surface area contributed by atoms with Crippen LogP contribution in [0.15, 0.2) is 63.3 Å². The first-order valence-corrected chi connectivity index (χ1v) is 18.7. The molecule has 3 amide bonds. The monoisotopic (exact) mass is 714 g/mol. The third-order valence-electron chi connectivity index (χ3n) is 8.10. The van der Waals surface area contributed by atoms with E-state index in [1.54, 1.807) is 36.0 Å². The molecular formula is C36H50N4O7S2. The zero-order valence-corrected chi connectivity index (χ0v) is 31.9. The van der Waals surface area contributed by atoms with E-state index in [0.717, 1.165) is 22.0 Å². The highest BCUT2D eigenvalue weighted by Gasteiger charge is 2.55. The SMILES string of the molecule is COCCCN1C(C(C(=O)Nc2ccccc2SC(C)(C)CC(C)(C)CC(C)(C)C)N2C(=O)OC(C)(C)C2=O)=Nc2ccccc2S1(=O)=O. The van der Waals surface area contributed by atoms with Gasteiger partial charge in [-0.25, -0.2) is 23.1 Å². The summed E-state index contributed by atoms with van der Waals surface area (Å²) in [5.74, 6) is -1.89. The number of nitrogens with zero attached hydrogens (tertiary/aromatic N) is 3. The standard InChI is InChI=1S/C36H50N4O7S2/c1-33(2,3)22-34(4,5)23-35(6,7)48-26-18-13-11-16-24(26)38-30(41)28(40-31(42)36(8,9)47-32(40)43)29-37-25-17-12-14-19-27(25)49(44,45)39(29)20-15-21-46-10/h11-14,16-19,28H,15,20-23H2,1-10H3,(H,38,41). The Morgan fingerprint density at radius 2 is 1.63 bits per heavy atom. The van der Waals surface area contributed by atoms with Crippen molar-refractivity contribution >= 4 is 56.9 Å². The van der Waals surface area contributed by atoms with Gasteiger partial charge in [0.2, 0.25) is 0 Å². The van der Waals surface area contributed by atoms with E-state index in [1.165, 1.54) is 33.1 Å². The van der Waals surface area contributed by atoms with Crippen LogP contribution in [0.5, 0.6) is 0 Å². The number of aliphatic imine (C=N–C) groups is 1. The largest absolute Gasteiger partial charge is 0.433 e. The predicted octanol–water partition coefficient (Wildman–Crippen LogP) is 7.25. The fraction of sp³-hybridized carbons (Fsp3) is 0.556. The number of nitrogens with one attached hydrogen (secondary N) is 1. The van der Waals surface area contributed by atoms with Crippen LogP contribution < -0.4 is 5.32 Å². The fourth-order valence-corrected chi connectivity index (χ4v) is 10.1. The Labute approximate surface area is 295 Å². The summed E-state index contributed by atoms with van der Waals surface area (Å²) in [6, 6.07) is 11.7. The third-order valence-corrected chi connectivity index (χ3v) is 11.2. The number of carbonyl (C=O) groups excluding carboxylic acids is 3. The molecule has 0 saturated carbocycles. The van der Waals surface area contributed by atoms with Gasteiger partial charge in [0.15, 0.2) is 17.5 Å². The van der Waals surface area contributed by atoms with E-state index < -0.39 is 39.6 Å². The minimum absolute atomic E-state index is 0.0362. The molecule has 2 aromatic carbocycles. The topological polar surface area (TPSA) is 135 Å². The number of rotatable bonds is 13. The van der Waals surface area contributed by atoms with Crippen molar-refractivity contribution in [3.05, 3.63) is 48.5 Å². The number of anilines is 1. The average molecular weight is 715 g/mol. The Kier molecular flexibility index (Phi) is 11.0. The van der Waals surface area contributed by atoms with Crippen molar-refractivity contribution in [2.24, 2.45) is 15.8 Å². The van der Waals surface area contributed by atoms with Gasteiger partial charge in [-0.15, -0.1) is 11.8 Å². The van der Waals surface area contributed by atoms with E-state index in [1.807, 2.05) is 12.1 Å². The summed E-state index contributed by atoms with van der Waals surface area (Å²) in [5, 5.41) is 2.93. The van der Waals surface area contributed by atoms with E-state index in [4.69, 9.17) is 9.47 Å². The number of sulfonamides is 1. The highest BCUT2D eigenvalue weighted by molar-refractivity contribution is 8.00. The molecule has 0 radical (unpaired) electrons. The van der Waals surface area contributed by atoms with Gasteiger partial charge >= 0.3 is 6.09 Å². The van der Waals surface area contributed by atoms with Crippen molar-refractivity contribution in [3.8, 4) is 0 Å². The Balaban J connectivity index is 1.78. The predicted molar refractivity (Wildman–Crippen MR) is 193 cm³/mol. The van der Waals surface area contributed by atoms with Crippen molar-refractivity contribution in [1.29, 1.82) is 0 Å². The smallest absolute Gasteiger partial charge is 0.418 e. The second-order valence-corrected chi connectivity index (χ2v) is 19.3. The molecule has 49 heavy (non-hydrogen) atoms. The third kappa shape index (κ3) is 8.85. The van der Waals surface area contributed by atoms with Crippen LogP contribution >= 0.6 is 11.8 Å². The molecule has 0 aromatic heterocycles. The number of benzene rings is 2. The second kappa shape index (κ2) is 14.1. The molecule has 1 saturated heterocycles. The molecule has 0 bridgehead atoms.